The fourth-order valence-corrected chi connectivity index (χ4v) is 4.74. The van der Waals surface area contributed by atoms with Crippen LogP contribution in [0.25, 0.3) is 0 Å². The highest BCUT2D eigenvalue weighted by Gasteiger charge is 2.28. The molecule has 0 spiro atoms. The number of methoxy groups -OCH3 is 2. The van der Waals surface area contributed by atoms with Crippen molar-refractivity contribution in [1.29, 1.82) is 0 Å². The van der Waals surface area contributed by atoms with Gasteiger partial charge in [-0.05, 0) is 61.2 Å². The molecule has 0 unspecified atom stereocenters. The molecule has 1 fully saturated rings. The van der Waals surface area contributed by atoms with Crippen molar-refractivity contribution in [2.45, 2.75) is 24.7 Å². The fraction of sp³-hybridized carbons (Fsp3) is 0.381. The van der Waals surface area contributed by atoms with Crippen molar-refractivity contribution in [2.75, 3.05) is 32.6 Å². The lowest BCUT2D eigenvalue weighted by molar-refractivity contribution is 0.102. The highest BCUT2D eigenvalue weighted by atomic mass is 32.2. The number of carbonyl (C=O) groups excluding carboxylic acids is 1. The molecule has 1 aliphatic rings. The van der Waals surface area contributed by atoms with E-state index in [4.69, 9.17) is 9.47 Å². The number of anilines is 1. The van der Waals surface area contributed by atoms with Crippen molar-refractivity contribution in [3.8, 4) is 11.5 Å². The molecule has 3 rings (SSSR count). The number of nitrogens with one attached hydrogen (secondary N) is 1. The van der Waals surface area contributed by atoms with Gasteiger partial charge in [0.15, 0.2) is 0 Å². The third kappa shape index (κ3) is 4.71. The largest absolute Gasteiger partial charge is 0.497 e. The number of hydrogen-bond donors (Lipinski definition) is 1. The van der Waals surface area contributed by atoms with Crippen molar-refractivity contribution in [2.24, 2.45) is 5.92 Å². The van der Waals surface area contributed by atoms with E-state index < -0.39 is 10.0 Å². The number of carbonyl (C=O) groups is 1. The summed E-state index contributed by atoms with van der Waals surface area (Å²) in [7, 11) is -0.513. The average molecular weight is 419 g/mol. The maximum atomic E-state index is 12.8. The van der Waals surface area contributed by atoms with Crippen LogP contribution in [0, 0.1) is 5.92 Å². The first-order valence-electron chi connectivity index (χ1n) is 9.48. The van der Waals surface area contributed by atoms with Gasteiger partial charge in [-0.15, -0.1) is 0 Å². The van der Waals surface area contributed by atoms with Crippen LogP contribution in [0.3, 0.4) is 0 Å². The van der Waals surface area contributed by atoms with Gasteiger partial charge >= 0.3 is 0 Å². The van der Waals surface area contributed by atoms with E-state index in [-0.39, 0.29) is 10.8 Å². The first-order chi connectivity index (χ1) is 13.8. The Hall–Kier alpha value is -2.58. The van der Waals surface area contributed by atoms with Crippen molar-refractivity contribution in [3.63, 3.8) is 0 Å². The molecule has 1 saturated heterocycles. The molecule has 2 aromatic rings. The molecule has 1 heterocycles. The van der Waals surface area contributed by atoms with Gasteiger partial charge in [0.05, 0.1) is 24.7 Å². The Kier molecular flexibility index (Phi) is 6.44. The van der Waals surface area contributed by atoms with Crippen LogP contribution in [0.4, 0.5) is 5.69 Å². The number of benzene rings is 2. The van der Waals surface area contributed by atoms with Crippen LogP contribution in [-0.2, 0) is 10.0 Å². The van der Waals surface area contributed by atoms with Gasteiger partial charge in [0.2, 0.25) is 10.0 Å². The molecule has 8 heteroatoms. The van der Waals surface area contributed by atoms with E-state index in [2.05, 4.69) is 12.2 Å². The van der Waals surface area contributed by atoms with E-state index in [1.807, 2.05) is 0 Å². The Labute approximate surface area is 171 Å². The smallest absolute Gasteiger partial charge is 0.259 e. The van der Waals surface area contributed by atoms with Gasteiger partial charge in [0.25, 0.3) is 5.91 Å². The number of rotatable bonds is 6. The average Bonchev–Trinajstić information content (AvgIpc) is 2.74. The molecular weight excluding hydrogens is 392 g/mol. The quantitative estimate of drug-likeness (QED) is 0.777. The fourth-order valence-electron chi connectivity index (χ4n) is 3.27. The SMILES string of the molecule is COc1ccc(OC)c(C(=O)Nc2ccc(S(=O)(=O)N3CCC(C)CC3)cc2)c1. The monoisotopic (exact) mass is 418 g/mol. The van der Waals surface area contributed by atoms with E-state index in [9.17, 15) is 13.2 Å². The molecule has 0 radical (unpaired) electrons. The lowest BCUT2D eigenvalue weighted by Gasteiger charge is -2.29. The van der Waals surface area contributed by atoms with Crippen LogP contribution in [0.2, 0.25) is 0 Å². The zero-order valence-corrected chi connectivity index (χ0v) is 17.7. The molecule has 0 saturated carbocycles. The molecule has 29 heavy (non-hydrogen) atoms. The summed E-state index contributed by atoms with van der Waals surface area (Å²) in [6.45, 7) is 3.22. The molecular formula is C21H26N2O5S. The summed E-state index contributed by atoms with van der Waals surface area (Å²) in [5.74, 6) is 1.13. The van der Waals surface area contributed by atoms with Crippen LogP contribution in [0.5, 0.6) is 11.5 Å². The minimum Gasteiger partial charge on any atom is -0.497 e. The summed E-state index contributed by atoms with van der Waals surface area (Å²) < 4.78 is 37.6. The molecule has 7 nitrogen and oxygen atoms in total. The number of hydrogen-bond acceptors (Lipinski definition) is 5. The summed E-state index contributed by atoms with van der Waals surface area (Å²) in [4.78, 5) is 12.9. The highest BCUT2D eigenvalue weighted by molar-refractivity contribution is 7.89. The number of ether oxygens (including phenoxy) is 2. The molecule has 1 N–H and O–H groups in total. The van der Waals surface area contributed by atoms with Crippen LogP contribution in [0.15, 0.2) is 47.4 Å². The van der Waals surface area contributed by atoms with Gasteiger partial charge in [-0.1, -0.05) is 6.92 Å². The molecule has 1 amide bonds. The number of piperidine rings is 1. The van der Waals surface area contributed by atoms with Crippen molar-refractivity contribution in [1.82, 2.24) is 4.31 Å². The third-order valence-corrected chi connectivity index (χ3v) is 7.06. The van der Waals surface area contributed by atoms with Gasteiger partial charge < -0.3 is 14.8 Å². The van der Waals surface area contributed by atoms with Crippen LogP contribution in [-0.4, -0.2) is 45.9 Å². The van der Waals surface area contributed by atoms with Gasteiger partial charge in [0, 0.05) is 18.8 Å². The number of sulfonamides is 1. The molecule has 0 aromatic heterocycles. The molecule has 0 atom stereocenters. The summed E-state index contributed by atoms with van der Waals surface area (Å²) >= 11 is 0. The molecule has 0 aliphatic carbocycles. The topological polar surface area (TPSA) is 84.9 Å². The highest BCUT2D eigenvalue weighted by Crippen LogP contribution is 2.26. The van der Waals surface area contributed by atoms with Crippen LogP contribution >= 0.6 is 0 Å². The summed E-state index contributed by atoms with van der Waals surface area (Å²) in [6.07, 6.45) is 1.74. The zero-order chi connectivity index (χ0) is 21.0. The zero-order valence-electron chi connectivity index (χ0n) is 16.8. The second-order valence-corrected chi connectivity index (χ2v) is 9.07. The van der Waals surface area contributed by atoms with Gasteiger partial charge in [-0.2, -0.15) is 4.31 Å². The standard InChI is InChI=1S/C21H26N2O5S/c1-15-10-12-23(13-11-15)29(25,26)18-7-4-16(5-8-18)22-21(24)19-14-17(27-2)6-9-20(19)28-3/h4-9,14-15H,10-13H2,1-3H3,(H,22,24). The Bertz CT molecular complexity index is 965. The summed E-state index contributed by atoms with van der Waals surface area (Å²) in [5.41, 5.74) is 0.817. The second kappa shape index (κ2) is 8.84. The molecule has 156 valence electrons. The lowest BCUT2D eigenvalue weighted by Crippen LogP contribution is -2.37. The number of nitrogens with zero attached hydrogens (tertiary/aromatic N) is 1. The Morgan fingerprint density at radius 2 is 1.69 bits per heavy atom. The minimum absolute atomic E-state index is 0.226. The lowest BCUT2D eigenvalue weighted by atomic mass is 10.0. The van der Waals surface area contributed by atoms with Crippen molar-refractivity contribution >= 4 is 21.6 Å². The normalized spacial score (nSPS) is 15.7. The summed E-state index contributed by atoms with van der Waals surface area (Å²) in [6, 6.07) is 11.2. The van der Waals surface area contributed by atoms with E-state index >= 15 is 0 Å². The van der Waals surface area contributed by atoms with E-state index in [1.165, 1.54) is 30.7 Å². The summed E-state index contributed by atoms with van der Waals surface area (Å²) in [5, 5.41) is 2.77. The third-order valence-electron chi connectivity index (χ3n) is 5.14. The predicted octanol–water partition coefficient (Wildman–Crippen LogP) is 3.38. The van der Waals surface area contributed by atoms with Gasteiger partial charge in [-0.25, -0.2) is 8.42 Å². The minimum atomic E-state index is -3.52. The van der Waals surface area contributed by atoms with Gasteiger partial charge in [-0.3, -0.25) is 4.79 Å². The molecule has 1 aliphatic heterocycles. The Morgan fingerprint density at radius 1 is 1.03 bits per heavy atom. The molecule has 0 bridgehead atoms. The number of amides is 1. The predicted molar refractivity (Wildman–Crippen MR) is 111 cm³/mol. The second-order valence-electron chi connectivity index (χ2n) is 7.13. The van der Waals surface area contributed by atoms with Crippen molar-refractivity contribution in [3.05, 3.63) is 48.0 Å². The first-order valence-corrected chi connectivity index (χ1v) is 10.9. The maximum Gasteiger partial charge on any atom is 0.259 e. The molecule has 2 aromatic carbocycles. The van der Waals surface area contributed by atoms with Crippen LogP contribution < -0.4 is 14.8 Å². The Balaban J connectivity index is 1.75. The Morgan fingerprint density at radius 3 is 2.28 bits per heavy atom. The van der Waals surface area contributed by atoms with E-state index in [0.29, 0.717) is 41.8 Å². The first kappa shape index (κ1) is 21.1. The van der Waals surface area contributed by atoms with E-state index in [0.717, 1.165) is 12.8 Å². The van der Waals surface area contributed by atoms with E-state index in [1.54, 1.807) is 30.3 Å². The van der Waals surface area contributed by atoms with Crippen molar-refractivity contribution < 1.29 is 22.7 Å². The van der Waals surface area contributed by atoms with Gasteiger partial charge in [0.1, 0.15) is 11.5 Å². The van der Waals surface area contributed by atoms with Crippen LogP contribution in [0.1, 0.15) is 30.1 Å². The maximum absolute atomic E-state index is 12.8.